The van der Waals surface area contributed by atoms with E-state index in [4.69, 9.17) is 0 Å². The molecule has 1 aromatic rings. The number of hydrogen-bond donors (Lipinski definition) is 1. The van der Waals surface area contributed by atoms with E-state index in [1.54, 1.807) is 12.1 Å². The molecule has 0 unspecified atom stereocenters. The van der Waals surface area contributed by atoms with Gasteiger partial charge in [0.25, 0.3) is 0 Å². The van der Waals surface area contributed by atoms with E-state index in [0.717, 1.165) is 12.1 Å². The Morgan fingerprint density at radius 3 is 1.93 bits per heavy atom. The van der Waals surface area contributed by atoms with Crippen LogP contribution in [0.1, 0.15) is 19.4 Å². The van der Waals surface area contributed by atoms with Gasteiger partial charge in [0.2, 0.25) is 0 Å². The van der Waals surface area contributed by atoms with Gasteiger partial charge in [0.15, 0.2) is 9.84 Å². The molecule has 15 heavy (non-hydrogen) atoms. The summed E-state index contributed by atoms with van der Waals surface area (Å²) in [7, 11) is -1.20. The summed E-state index contributed by atoms with van der Waals surface area (Å²) in [4.78, 5) is 0.368. The highest BCUT2D eigenvalue weighted by Gasteiger charge is 2.05. The van der Waals surface area contributed by atoms with Gasteiger partial charge in [-0.15, -0.1) is 0 Å². The monoisotopic (exact) mass is 229 g/mol. The molecule has 0 fully saturated rings. The highest BCUT2D eigenvalue weighted by atomic mass is 32.2. The van der Waals surface area contributed by atoms with Gasteiger partial charge in [-0.2, -0.15) is 0 Å². The Morgan fingerprint density at radius 1 is 1.13 bits per heavy atom. The topological polar surface area (TPSA) is 46.2 Å². The van der Waals surface area contributed by atoms with Crippen LogP contribution in [-0.2, 0) is 16.4 Å². The lowest BCUT2D eigenvalue weighted by molar-refractivity contribution is 0.602. The molecule has 0 radical (unpaired) electrons. The molecular weight excluding hydrogens is 210 g/mol. The zero-order valence-electron chi connectivity index (χ0n) is 9.74. The van der Waals surface area contributed by atoms with Gasteiger partial charge in [-0.3, -0.25) is 0 Å². The van der Waals surface area contributed by atoms with Crippen LogP contribution >= 0.6 is 0 Å². The van der Waals surface area contributed by atoms with Gasteiger partial charge in [0.1, 0.15) is 0 Å². The summed E-state index contributed by atoms with van der Waals surface area (Å²) in [5.41, 5.74) is 1.08. The summed E-state index contributed by atoms with van der Waals surface area (Å²) >= 11 is 0. The van der Waals surface area contributed by atoms with E-state index >= 15 is 0 Å². The van der Waals surface area contributed by atoms with Crippen molar-refractivity contribution in [3.05, 3.63) is 29.8 Å². The largest absolute Gasteiger partial charge is 0.316 e. The summed E-state index contributed by atoms with van der Waals surface area (Å²) in [6.45, 7) is 4.75. The Balaban J connectivity index is 0.000000921. The van der Waals surface area contributed by atoms with Crippen molar-refractivity contribution in [1.82, 2.24) is 5.32 Å². The fourth-order valence-electron chi connectivity index (χ4n) is 1.06. The van der Waals surface area contributed by atoms with Crippen LogP contribution in [0.25, 0.3) is 0 Å². The second kappa shape index (κ2) is 6.58. The SMILES string of the molecule is CC.CNCc1ccc(S(C)(=O)=O)cc1. The highest BCUT2D eigenvalue weighted by Crippen LogP contribution is 2.09. The number of nitrogens with one attached hydrogen (secondary N) is 1. The molecule has 0 aromatic heterocycles. The van der Waals surface area contributed by atoms with Crippen LogP contribution < -0.4 is 5.32 Å². The summed E-state index contributed by atoms with van der Waals surface area (Å²) in [6.07, 6.45) is 1.21. The predicted octanol–water partition coefficient (Wildman–Crippen LogP) is 1.84. The number of hydrogen-bond acceptors (Lipinski definition) is 3. The van der Waals surface area contributed by atoms with Gasteiger partial charge < -0.3 is 5.32 Å². The maximum absolute atomic E-state index is 11.1. The number of rotatable bonds is 3. The summed E-state index contributed by atoms with van der Waals surface area (Å²) in [5, 5.41) is 2.99. The van der Waals surface area contributed by atoms with E-state index in [1.165, 1.54) is 6.26 Å². The third kappa shape index (κ3) is 4.95. The average Bonchev–Trinajstić information content (AvgIpc) is 2.21. The van der Waals surface area contributed by atoms with E-state index in [0.29, 0.717) is 4.90 Å². The average molecular weight is 229 g/mol. The highest BCUT2D eigenvalue weighted by molar-refractivity contribution is 7.90. The van der Waals surface area contributed by atoms with Crippen molar-refractivity contribution in [2.75, 3.05) is 13.3 Å². The molecule has 0 saturated heterocycles. The molecule has 1 rings (SSSR count). The van der Waals surface area contributed by atoms with Crippen molar-refractivity contribution >= 4 is 9.84 Å². The molecule has 1 N–H and O–H groups in total. The van der Waals surface area contributed by atoms with Gasteiger partial charge in [0.05, 0.1) is 4.90 Å². The minimum atomic E-state index is -3.05. The third-order valence-corrected chi connectivity index (χ3v) is 2.86. The maximum atomic E-state index is 11.1. The molecule has 0 bridgehead atoms. The first kappa shape index (κ1) is 14.1. The fourth-order valence-corrected chi connectivity index (χ4v) is 1.69. The molecule has 0 heterocycles. The number of benzene rings is 1. The minimum absolute atomic E-state index is 0.368. The van der Waals surface area contributed by atoms with Crippen molar-refractivity contribution in [3.63, 3.8) is 0 Å². The summed E-state index contributed by atoms with van der Waals surface area (Å²) in [6, 6.07) is 6.88. The molecule has 0 aliphatic rings. The zero-order chi connectivity index (χ0) is 11.9. The molecule has 0 saturated carbocycles. The normalized spacial score (nSPS) is 10.4. The second-order valence-corrected chi connectivity index (χ2v) is 4.96. The van der Waals surface area contributed by atoms with Gasteiger partial charge >= 0.3 is 0 Å². The van der Waals surface area contributed by atoms with E-state index in [9.17, 15) is 8.42 Å². The first-order valence-electron chi connectivity index (χ1n) is 4.97. The van der Waals surface area contributed by atoms with Crippen LogP contribution in [0.15, 0.2) is 29.2 Å². The lowest BCUT2D eigenvalue weighted by atomic mass is 10.2. The van der Waals surface area contributed by atoms with E-state index < -0.39 is 9.84 Å². The molecule has 0 atom stereocenters. The quantitative estimate of drug-likeness (QED) is 0.860. The molecule has 0 aliphatic carbocycles. The van der Waals surface area contributed by atoms with Crippen molar-refractivity contribution in [2.45, 2.75) is 25.3 Å². The van der Waals surface area contributed by atoms with Crippen LogP contribution in [-0.4, -0.2) is 21.7 Å². The van der Waals surface area contributed by atoms with E-state index in [2.05, 4.69) is 5.32 Å². The van der Waals surface area contributed by atoms with Crippen LogP contribution in [0.3, 0.4) is 0 Å². The van der Waals surface area contributed by atoms with Gasteiger partial charge in [-0.25, -0.2) is 8.42 Å². The standard InChI is InChI=1S/C9H13NO2S.C2H6/c1-10-7-8-3-5-9(6-4-8)13(2,11)12;1-2/h3-6,10H,7H2,1-2H3;1-2H3. The van der Waals surface area contributed by atoms with Gasteiger partial charge in [0, 0.05) is 12.8 Å². The first-order valence-corrected chi connectivity index (χ1v) is 6.87. The smallest absolute Gasteiger partial charge is 0.175 e. The minimum Gasteiger partial charge on any atom is -0.316 e. The Kier molecular flexibility index (Phi) is 6.20. The van der Waals surface area contributed by atoms with Crippen LogP contribution in [0.5, 0.6) is 0 Å². The lowest BCUT2D eigenvalue weighted by Crippen LogP contribution is -2.05. The predicted molar refractivity (Wildman–Crippen MR) is 63.7 cm³/mol. The first-order chi connectivity index (χ1) is 7.04. The second-order valence-electron chi connectivity index (χ2n) is 2.95. The van der Waals surface area contributed by atoms with Crippen molar-refractivity contribution < 1.29 is 8.42 Å². The van der Waals surface area contributed by atoms with Crippen LogP contribution in [0, 0.1) is 0 Å². The van der Waals surface area contributed by atoms with E-state index in [1.807, 2.05) is 33.0 Å². The Bertz CT molecular complexity index is 368. The molecule has 0 spiro atoms. The lowest BCUT2D eigenvalue weighted by Gasteiger charge is -2.01. The fraction of sp³-hybridized carbons (Fsp3) is 0.455. The van der Waals surface area contributed by atoms with Crippen molar-refractivity contribution in [3.8, 4) is 0 Å². The zero-order valence-corrected chi connectivity index (χ0v) is 10.6. The Labute approximate surface area is 92.4 Å². The van der Waals surface area contributed by atoms with Gasteiger partial charge in [-0.05, 0) is 24.7 Å². The molecule has 0 aliphatic heterocycles. The molecule has 0 amide bonds. The van der Waals surface area contributed by atoms with Crippen LogP contribution in [0.2, 0.25) is 0 Å². The molecule has 86 valence electrons. The molecule has 1 aromatic carbocycles. The third-order valence-electron chi connectivity index (χ3n) is 1.73. The van der Waals surface area contributed by atoms with Crippen molar-refractivity contribution in [2.24, 2.45) is 0 Å². The van der Waals surface area contributed by atoms with Crippen molar-refractivity contribution in [1.29, 1.82) is 0 Å². The molecule has 4 heteroatoms. The number of sulfone groups is 1. The Hall–Kier alpha value is -0.870. The maximum Gasteiger partial charge on any atom is 0.175 e. The van der Waals surface area contributed by atoms with E-state index in [-0.39, 0.29) is 0 Å². The van der Waals surface area contributed by atoms with Crippen LogP contribution in [0.4, 0.5) is 0 Å². The molecule has 3 nitrogen and oxygen atoms in total. The summed E-state index contributed by atoms with van der Waals surface area (Å²) < 4.78 is 22.2. The molecular formula is C11H19NO2S. The Morgan fingerprint density at radius 2 is 1.60 bits per heavy atom. The summed E-state index contributed by atoms with van der Waals surface area (Å²) in [5.74, 6) is 0. The van der Waals surface area contributed by atoms with Gasteiger partial charge in [-0.1, -0.05) is 26.0 Å².